The number of hydrogen-bond donors (Lipinski definition) is 3. The molecule has 6 heteroatoms. The van der Waals surface area contributed by atoms with Gasteiger partial charge in [-0.15, -0.1) is 0 Å². The van der Waals surface area contributed by atoms with Gasteiger partial charge in [0.2, 0.25) is 0 Å². The summed E-state index contributed by atoms with van der Waals surface area (Å²) in [5, 5.41) is 9.58. The van der Waals surface area contributed by atoms with Crippen molar-refractivity contribution in [2.24, 2.45) is 0 Å². The van der Waals surface area contributed by atoms with Crippen molar-refractivity contribution >= 4 is 11.6 Å². The highest BCUT2D eigenvalue weighted by Gasteiger charge is 2.13. The lowest BCUT2D eigenvalue weighted by Crippen LogP contribution is -2.42. The zero-order valence-electron chi connectivity index (χ0n) is 10.3. The minimum Gasteiger partial charge on any atom is -0.374 e. The average molecular weight is 237 g/mol. The summed E-state index contributed by atoms with van der Waals surface area (Å²) in [7, 11) is 1.85. The number of hydrogen-bond acceptors (Lipinski definition) is 6. The number of aryl methyl sites for hydroxylation is 1. The summed E-state index contributed by atoms with van der Waals surface area (Å²) in [6.07, 6.45) is 0.206. The van der Waals surface area contributed by atoms with Gasteiger partial charge in [-0.3, -0.25) is 0 Å². The molecule has 0 saturated carbocycles. The Morgan fingerprint density at radius 3 is 3.00 bits per heavy atom. The molecule has 6 nitrogen and oxygen atoms in total. The van der Waals surface area contributed by atoms with Gasteiger partial charge in [0, 0.05) is 32.7 Å². The van der Waals surface area contributed by atoms with Crippen LogP contribution in [-0.2, 0) is 4.74 Å². The van der Waals surface area contributed by atoms with Gasteiger partial charge in [-0.05, 0) is 6.92 Å². The van der Waals surface area contributed by atoms with Crippen LogP contribution in [-0.4, -0.2) is 49.4 Å². The van der Waals surface area contributed by atoms with Gasteiger partial charge in [0.05, 0.1) is 12.7 Å². The molecular formula is C11H19N5O. The molecule has 94 valence electrons. The Bertz CT molecular complexity index is 365. The Morgan fingerprint density at radius 2 is 2.29 bits per heavy atom. The van der Waals surface area contributed by atoms with E-state index >= 15 is 0 Å². The van der Waals surface area contributed by atoms with Crippen LogP contribution >= 0.6 is 0 Å². The quantitative estimate of drug-likeness (QED) is 0.696. The predicted octanol–water partition coefficient (Wildman–Crippen LogP) is 0.227. The fraction of sp³-hybridized carbons (Fsp3) is 0.636. The molecule has 1 aromatic heterocycles. The molecule has 2 heterocycles. The number of nitrogens with one attached hydrogen (secondary N) is 3. The molecule has 3 N–H and O–H groups in total. The van der Waals surface area contributed by atoms with Crippen molar-refractivity contribution in [2.75, 3.05) is 43.9 Å². The van der Waals surface area contributed by atoms with E-state index in [4.69, 9.17) is 4.74 Å². The highest BCUT2D eigenvalue weighted by molar-refractivity contribution is 5.47. The third-order valence-corrected chi connectivity index (χ3v) is 2.61. The molecular weight excluding hydrogens is 218 g/mol. The predicted molar refractivity (Wildman–Crippen MR) is 67.4 cm³/mol. The fourth-order valence-corrected chi connectivity index (χ4v) is 1.76. The van der Waals surface area contributed by atoms with Crippen molar-refractivity contribution < 1.29 is 4.74 Å². The summed E-state index contributed by atoms with van der Waals surface area (Å²) in [6, 6.07) is 1.89. The smallest absolute Gasteiger partial charge is 0.131 e. The van der Waals surface area contributed by atoms with E-state index in [1.807, 2.05) is 20.0 Å². The van der Waals surface area contributed by atoms with Crippen molar-refractivity contribution in [1.82, 2.24) is 15.3 Å². The third kappa shape index (κ3) is 3.54. The van der Waals surface area contributed by atoms with E-state index in [0.29, 0.717) is 0 Å². The molecule has 1 saturated heterocycles. The number of anilines is 2. The van der Waals surface area contributed by atoms with Crippen LogP contribution in [0.3, 0.4) is 0 Å². The Kier molecular flexibility index (Phi) is 4.11. The van der Waals surface area contributed by atoms with Crippen LogP contribution in [0.4, 0.5) is 11.6 Å². The van der Waals surface area contributed by atoms with E-state index in [0.717, 1.165) is 43.7 Å². The lowest BCUT2D eigenvalue weighted by atomic mass is 10.3. The summed E-state index contributed by atoms with van der Waals surface area (Å²) in [6.45, 7) is 5.23. The molecule has 0 radical (unpaired) electrons. The lowest BCUT2D eigenvalue weighted by molar-refractivity contribution is 0.0372. The SMILES string of the molecule is CNc1cc(NCC2CNCCO2)nc(C)n1. The van der Waals surface area contributed by atoms with Gasteiger partial charge in [0.1, 0.15) is 17.5 Å². The zero-order valence-corrected chi connectivity index (χ0v) is 10.3. The first kappa shape index (κ1) is 12.1. The molecule has 17 heavy (non-hydrogen) atoms. The Morgan fingerprint density at radius 1 is 1.47 bits per heavy atom. The molecule has 1 atom stereocenters. The summed E-state index contributed by atoms with van der Waals surface area (Å²) in [5.74, 6) is 2.40. The number of morpholine rings is 1. The van der Waals surface area contributed by atoms with E-state index < -0.39 is 0 Å². The maximum atomic E-state index is 5.60. The number of nitrogens with zero attached hydrogens (tertiary/aromatic N) is 2. The zero-order chi connectivity index (χ0) is 12.1. The van der Waals surface area contributed by atoms with E-state index in [1.165, 1.54) is 0 Å². The molecule has 0 spiro atoms. The molecule has 0 bridgehead atoms. The molecule has 1 aromatic rings. The second-order valence-corrected chi connectivity index (χ2v) is 4.01. The monoisotopic (exact) mass is 237 g/mol. The molecule has 1 fully saturated rings. The van der Waals surface area contributed by atoms with Gasteiger partial charge < -0.3 is 20.7 Å². The lowest BCUT2D eigenvalue weighted by Gasteiger charge is -2.24. The van der Waals surface area contributed by atoms with Crippen molar-refractivity contribution in [3.05, 3.63) is 11.9 Å². The molecule has 0 amide bonds. The minimum absolute atomic E-state index is 0.206. The van der Waals surface area contributed by atoms with Crippen LogP contribution in [0, 0.1) is 6.92 Å². The van der Waals surface area contributed by atoms with Gasteiger partial charge >= 0.3 is 0 Å². The van der Waals surface area contributed by atoms with E-state index in [2.05, 4.69) is 25.9 Å². The number of aromatic nitrogens is 2. The third-order valence-electron chi connectivity index (χ3n) is 2.61. The van der Waals surface area contributed by atoms with Gasteiger partial charge in [0.25, 0.3) is 0 Å². The molecule has 0 aliphatic carbocycles. The minimum atomic E-state index is 0.206. The van der Waals surface area contributed by atoms with Gasteiger partial charge in [0.15, 0.2) is 0 Å². The highest BCUT2D eigenvalue weighted by Crippen LogP contribution is 2.10. The number of ether oxygens (including phenoxy) is 1. The van der Waals surface area contributed by atoms with Gasteiger partial charge in [-0.1, -0.05) is 0 Å². The van der Waals surface area contributed by atoms with Crippen molar-refractivity contribution in [3.63, 3.8) is 0 Å². The first-order valence-corrected chi connectivity index (χ1v) is 5.87. The van der Waals surface area contributed by atoms with Crippen LogP contribution in [0.25, 0.3) is 0 Å². The number of rotatable bonds is 4. The van der Waals surface area contributed by atoms with Gasteiger partial charge in [-0.2, -0.15) is 0 Å². The van der Waals surface area contributed by atoms with Crippen LogP contribution in [0.5, 0.6) is 0 Å². The van der Waals surface area contributed by atoms with Crippen molar-refractivity contribution in [3.8, 4) is 0 Å². The second kappa shape index (κ2) is 5.79. The van der Waals surface area contributed by atoms with E-state index in [9.17, 15) is 0 Å². The fourth-order valence-electron chi connectivity index (χ4n) is 1.76. The van der Waals surface area contributed by atoms with Crippen molar-refractivity contribution in [1.29, 1.82) is 0 Å². The maximum Gasteiger partial charge on any atom is 0.131 e. The second-order valence-electron chi connectivity index (χ2n) is 4.01. The Hall–Kier alpha value is -1.40. The first-order chi connectivity index (χ1) is 8.28. The summed E-state index contributed by atoms with van der Waals surface area (Å²) in [4.78, 5) is 8.57. The Labute approximate surface area is 101 Å². The first-order valence-electron chi connectivity index (χ1n) is 5.87. The molecule has 1 aliphatic heterocycles. The largest absolute Gasteiger partial charge is 0.374 e. The topological polar surface area (TPSA) is 71.1 Å². The summed E-state index contributed by atoms with van der Waals surface area (Å²) < 4.78 is 5.60. The van der Waals surface area contributed by atoms with Crippen molar-refractivity contribution in [2.45, 2.75) is 13.0 Å². The maximum absolute atomic E-state index is 5.60. The average Bonchev–Trinajstić information content (AvgIpc) is 2.37. The Balaban J connectivity index is 1.91. The van der Waals surface area contributed by atoms with Crippen LogP contribution < -0.4 is 16.0 Å². The normalized spacial score (nSPS) is 20.0. The van der Waals surface area contributed by atoms with E-state index in [1.54, 1.807) is 0 Å². The van der Waals surface area contributed by atoms with Crippen LogP contribution in [0.2, 0.25) is 0 Å². The molecule has 1 unspecified atom stereocenters. The standard InChI is InChI=1S/C11H19N5O/c1-8-15-10(12-2)5-11(16-8)14-7-9-6-13-3-4-17-9/h5,9,13H,3-4,6-7H2,1-2H3,(H2,12,14,15,16). The summed E-state index contributed by atoms with van der Waals surface area (Å²) in [5.41, 5.74) is 0. The molecule has 0 aromatic carbocycles. The molecule has 2 rings (SSSR count). The van der Waals surface area contributed by atoms with Crippen LogP contribution in [0.15, 0.2) is 6.07 Å². The van der Waals surface area contributed by atoms with Gasteiger partial charge in [-0.25, -0.2) is 9.97 Å². The van der Waals surface area contributed by atoms with Crippen LogP contribution in [0.1, 0.15) is 5.82 Å². The molecule has 1 aliphatic rings. The summed E-state index contributed by atoms with van der Waals surface area (Å²) >= 11 is 0. The highest BCUT2D eigenvalue weighted by atomic mass is 16.5. The van der Waals surface area contributed by atoms with E-state index in [-0.39, 0.29) is 6.10 Å².